The SMILES string of the molecule is O=C(CCOc1ccccc1F)N1C[C@@H](O)[C@H](N2CCOCC2)C1. The number of aliphatic hydroxyl groups excluding tert-OH is 1. The molecule has 6 nitrogen and oxygen atoms in total. The lowest BCUT2D eigenvalue weighted by Crippen LogP contribution is -2.49. The van der Waals surface area contributed by atoms with E-state index in [-0.39, 0.29) is 30.7 Å². The molecule has 2 heterocycles. The fourth-order valence-corrected chi connectivity index (χ4v) is 3.21. The number of para-hydroxylation sites is 1. The van der Waals surface area contributed by atoms with Crippen molar-refractivity contribution in [2.45, 2.75) is 18.6 Å². The third-order valence-corrected chi connectivity index (χ3v) is 4.54. The van der Waals surface area contributed by atoms with Crippen molar-refractivity contribution in [2.75, 3.05) is 46.0 Å². The number of benzene rings is 1. The third-order valence-electron chi connectivity index (χ3n) is 4.54. The average molecular weight is 338 g/mol. The highest BCUT2D eigenvalue weighted by Crippen LogP contribution is 2.19. The smallest absolute Gasteiger partial charge is 0.226 e. The Bertz CT molecular complexity index is 565. The summed E-state index contributed by atoms with van der Waals surface area (Å²) in [4.78, 5) is 16.1. The number of hydrogen-bond acceptors (Lipinski definition) is 5. The highest BCUT2D eigenvalue weighted by atomic mass is 19.1. The van der Waals surface area contributed by atoms with Crippen molar-refractivity contribution in [2.24, 2.45) is 0 Å². The molecule has 2 fully saturated rings. The minimum Gasteiger partial charge on any atom is -0.490 e. The molecule has 1 aromatic rings. The fourth-order valence-electron chi connectivity index (χ4n) is 3.21. The Labute approximate surface area is 140 Å². The first-order chi connectivity index (χ1) is 11.6. The second kappa shape index (κ2) is 7.92. The Balaban J connectivity index is 1.46. The van der Waals surface area contributed by atoms with Crippen LogP contribution < -0.4 is 4.74 Å². The molecule has 0 aliphatic carbocycles. The van der Waals surface area contributed by atoms with Gasteiger partial charge in [-0.25, -0.2) is 4.39 Å². The highest BCUT2D eigenvalue weighted by Gasteiger charge is 2.37. The van der Waals surface area contributed by atoms with Crippen LogP contribution in [0, 0.1) is 5.82 Å². The Morgan fingerprint density at radius 1 is 1.29 bits per heavy atom. The maximum absolute atomic E-state index is 13.5. The van der Waals surface area contributed by atoms with Crippen LogP contribution in [0.15, 0.2) is 24.3 Å². The van der Waals surface area contributed by atoms with E-state index < -0.39 is 11.9 Å². The standard InChI is InChI=1S/C17H23FN2O4/c18-13-3-1-2-4-16(13)24-8-5-17(22)20-11-14(15(21)12-20)19-6-9-23-10-7-19/h1-4,14-15,21H,5-12H2/t14-,15-/m1/s1. The topological polar surface area (TPSA) is 62.2 Å². The van der Waals surface area contributed by atoms with Crippen LogP contribution in [0.5, 0.6) is 5.75 Å². The predicted molar refractivity (Wildman–Crippen MR) is 85.3 cm³/mol. The molecule has 132 valence electrons. The molecule has 0 spiro atoms. The van der Waals surface area contributed by atoms with E-state index in [4.69, 9.17) is 9.47 Å². The molecule has 2 atom stereocenters. The predicted octanol–water partition coefficient (Wildman–Crippen LogP) is 0.498. The van der Waals surface area contributed by atoms with Crippen LogP contribution in [-0.4, -0.2) is 79.0 Å². The van der Waals surface area contributed by atoms with Gasteiger partial charge in [0.15, 0.2) is 11.6 Å². The van der Waals surface area contributed by atoms with Crippen molar-refractivity contribution in [3.8, 4) is 5.75 Å². The number of carbonyl (C=O) groups excluding carboxylic acids is 1. The van der Waals surface area contributed by atoms with Crippen molar-refractivity contribution in [3.05, 3.63) is 30.1 Å². The second-order valence-electron chi connectivity index (χ2n) is 6.11. The lowest BCUT2D eigenvalue weighted by Gasteiger charge is -2.33. The molecule has 0 bridgehead atoms. The van der Waals surface area contributed by atoms with Crippen LogP contribution in [-0.2, 0) is 9.53 Å². The Morgan fingerprint density at radius 2 is 2.04 bits per heavy atom. The number of likely N-dealkylation sites (tertiary alicyclic amines) is 1. The maximum atomic E-state index is 13.5. The molecule has 0 unspecified atom stereocenters. The number of β-amino-alcohol motifs (C(OH)–C–C–N with tert-alkyl or cyclic N) is 1. The fraction of sp³-hybridized carbons (Fsp3) is 0.588. The minimum atomic E-state index is -0.542. The van der Waals surface area contributed by atoms with Crippen molar-refractivity contribution in [1.82, 2.24) is 9.80 Å². The first-order valence-corrected chi connectivity index (χ1v) is 8.30. The van der Waals surface area contributed by atoms with E-state index in [9.17, 15) is 14.3 Å². The number of aliphatic hydroxyl groups is 1. The molecule has 1 amide bonds. The normalized spacial score (nSPS) is 25.0. The summed E-state index contributed by atoms with van der Waals surface area (Å²) in [6.45, 7) is 3.84. The largest absolute Gasteiger partial charge is 0.490 e. The van der Waals surface area contributed by atoms with Crippen LogP contribution in [0.3, 0.4) is 0 Å². The molecule has 24 heavy (non-hydrogen) atoms. The van der Waals surface area contributed by atoms with Gasteiger partial charge >= 0.3 is 0 Å². The highest BCUT2D eigenvalue weighted by molar-refractivity contribution is 5.76. The number of rotatable bonds is 5. The molecule has 0 radical (unpaired) electrons. The lowest BCUT2D eigenvalue weighted by molar-refractivity contribution is -0.131. The molecule has 0 aromatic heterocycles. The van der Waals surface area contributed by atoms with Gasteiger partial charge < -0.3 is 19.5 Å². The number of amides is 1. The zero-order valence-corrected chi connectivity index (χ0v) is 13.6. The molecular weight excluding hydrogens is 315 g/mol. The first-order valence-electron chi connectivity index (χ1n) is 8.30. The van der Waals surface area contributed by atoms with Gasteiger partial charge in [-0.05, 0) is 12.1 Å². The van der Waals surface area contributed by atoms with Gasteiger partial charge in [0.2, 0.25) is 5.91 Å². The summed E-state index contributed by atoms with van der Waals surface area (Å²) in [5.74, 6) is -0.368. The molecule has 2 saturated heterocycles. The van der Waals surface area contributed by atoms with E-state index in [1.807, 2.05) is 0 Å². The first kappa shape index (κ1) is 17.1. The maximum Gasteiger partial charge on any atom is 0.226 e. The lowest BCUT2D eigenvalue weighted by atomic mass is 10.1. The summed E-state index contributed by atoms with van der Waals surface area (Å²) < 4.78 is 24.1. The van der Waals surface area contributed by atoms with Gasteiger partial charge in [-0.2, -0.15) is 0 Å². The summed E-state index contributed by atoms with van der Waals surface area (Å²) in [6, 6.07) is 6.09. The molecule has 2 aliphatic heterocycles. The molecule has 0 saturated carbocycles. The van der Waals surface area contributed by atoms with E-state index in [0.29, 0.717) is 26.3 Å². The number of carbonyl (C=O) groups is 1. The molecule has 3 rings (SSSR count). The quantitative estimate of drug-likeness (QED) is 0.847. The number of halogens is 1. The van der Waals surface area contributed by atoms with Crippen molar-refractivity contribution < 1.29 is 23.8 Å². The Morgan fingerprint density at radius 3 is 2.79 bits per heavy atom. The molecule has 1 aromatic carbocycles. The molecule has 7 heteroatoms. The van der Waals surface area contributed by atoms with E-state index in [1.165, 1.54) is 12.1 Å². The number of hydrogen-bond donors (Lipinski definition) is 1. The number of ether oxygens (including phenoxy) is 2. The molecule has 2 aliphatic rings. The summed E-state index contributed by atoms with van der Waals surface area (Å²) in [5.41, 5.74) is 0. The van der Waals surface area contributed by atoms with Crippen LogP contribution in [0.2, 0.25) is 0 Å². The number of morpholine rings is 1. The van der Waals surface area contributed by atoms with Crippen LogP contribution in [0.1, 0.15) is 6.42 Å². The van der Waals surface area contributed by atoms with Crippen LogP contribution >= 0.6 is 0 Å². The summed E-state index contributed by atoms with van der Waals surface area (Å²) in [6.07, 6.45) is -0.379. The van der Waals surface area contributed by atoms with Crippen LogP contribution in [0.25, 0.3) is 0 Å². The van der Waals surface area contributed by atoms with Gasteiger partial charge in [-0.3, -0.25) is 9.69 Å². The Kier molecular flexibility index (Phi) is 5.65. The van der Waals surface area contributed by atoms with Gasteiger partial charge in [-0.1, -0.05) is 12.1 Å². The van der Waals surface area contributed by atoms with Gasteiger partial charge in [-0.15, -0.1) is 0 Å². The van der Waals surface area contributed by atoms with Crippen molar-refractivity contribution in [3.63, 3.8) is 0 Å². The minimum absolute atomic E-state index is 0.0367. The number of nitrogens with zero attached hydrogens (tertiary/aromatic N) is 2. The van der Waals surface area contributed by atoms with Crippen LogP contribution in [0.4, 0.5) is 4.39 Å². The summed E-state index contributed by atoms with van der Waals surface area (Å²) in [7, 11) is 0. The van der Waals surface area contributed by atoms with Gasteiger partial charge in [0.25, 0.3) is 0 Å². The van der Waals surface area contributed by atoms with E-state index in [0.717, 1.165) is 13.1 Å². The molecule has 1 N–H and O–H groups in total. The zero-order chi connectivity index (χ0) is 16.9. The van der Waals surface area contributed by atoms with Gasteiger partial charge in [0.05, 0.1) is 38.4 Å². The van der Waals surface area contributed by atoms with E-state index in [2.05, 4.69) is 4.90 Å². The van der Waals surface area contributed by atoms with Crippen molar-refractivity contribution >= 4 is 5.91 Å². The van der Waals surface area contributed by atoms with Gasteiger partial charge in [0, 0.05) is 26.2 Å². The monoisotopic (exact) mass is 338 g/mol. The Hall–Kier alpha value is -1.70. The average Bonchev–Trinajstić information content (AvgIpc) is 2.99. The van der Waals surface area contributed by atoms with E-state index >= 15 is 0 Å². The molecular formula is C17H23FN2O4. The van der Waals surface area contributed by atoms with E-state index in [1.54, 1.807) is 17.0 Å². The van der Waals surface area contributed by atoms with Gasteiger partial charge in [0.1, 0.15) is 0 Å². The summed E-state index contributed by atoms with van der Waals surface area (Å²) in [5, 5.41) is 10.2. The second-order valence-corrected chi connectivity index (χ2v) is 6.11. The summed E-state index contributed by atoms with van der Waals surface area (Å²) >= 11 is 0. The third kappa shape index (κ3) is 4.03. The van der Waals surface area contributed by atoms with Crippen molar-refractivity contribution in [1.29, 1.82) is 0 Å². The zero-order valence-electron chi connectivity index (χ0n) is 13.6.